The molecule has 1 aliphatic rings. The highest BCUT2D eigenvalue weighted by molar-refractivity contribution is 5.83. The van der Waals surface area contributed by atoms with Gasteiger partial charge in [0.2, 0.25) is 0 Å². The molecule has 0 radical (unpaired) electrons. The van der Waals surface area contributed by atoms with Crippen LogP contribution in [-0.4, -0.2) is 23.1 Å². The molecule has 1 aromatic rings. The van der Waals surface area contributed by atoms with E-state index in [9.17, 15) is 14.7 Å². The number of carbonyl (C=O) groups is 2. The van der Waals surface area contributed by atoms with Gasteiger partial charge in [-0.05, 0) is 31.2 Å². The molecule has 0 saturated heterocycles. The summed E-state index contributed by atoms with van der Waals surface area (Å²) in [5, 5.41) is 14.5. The van der Waals surface area contributed by atoms with E-state index in [0.717, 1.165) is 12.8 Å². The molecule has 2 amide bonds. The topological polar surface area (TPSA) is 78.4 Å². The molecule has 1 aliphatic carbocycles. The van der Waals surface area contributed by atoms with Crippen LogP contribution in [-0.2, 0) is 4.79 Å². The maximum Gasteiger partial charge on any atom is 0.330 e. The summed E-state index contributed by atoms with van der Waals surface area (Å²) >= 11 is 0. The summed E-state index contributed by atoms with van der Waals surface area (Å²) in [5.41, 5.74) is 0.559. The molecule has 0 heterocycles. The first-order chi connectivity index (χ1) is 9.08. The van der Waals surface area contributed by atoms with Crippen LogP contribution in [0.15, 0.2) is 30.3 Å². The molecule has 5 heteroatoms. The third-order valence-corrected chi connectivity index (χ3v) is 3.34. The zero-order valence-electron chi connectivity index (χ0n) is 10.8. The van der Waals surface area contributed by atoms with Gasteiger partial charge in [0.15, 0.2) is 6.04 Å². The molecule has 2 atom stereocenters. The van der Waals surface area contributed by atoms with Crippen molar-refractivity contribution in [2.75, 3.05) is 0 Å². The van der Waals surface area contributed by atoms with Gasteiger partial charge >= 0.3 is 12.0 Å². The molecule has 0 spiro atoms. The van der Waals surface area contributed by atoms with Gasteiger partial charge in [0.1, 0.15) is 0 Å². The molecule has 3 N–H and O–H groups in total. The standard InChI is InChI=1S/C14H18N2O3/c1-9(10-7-8-10)15-14(19)16-12(13(17)18)11-5-3-2-4-6-11/h2-6,9-10,12H,7-8H2,1H3,(H,17,18)(H2,15,16,19)/t9?,12-/m1/s1. The lowest BCUT2D eigenvalue weighted by Crippen LogP contribution is -2.45. The molecule has 19 heavy (non-hydrogen) atoms. The number of urea groups is 1. The van der Waals surface area contributed by atoms with E-state index >= 15 is 0 Å². The van der Waals surface area contributed by atoms with Crippen LogP contribution in [0.1, 0.15) is 31.4 Å². The Morgan fingerprint density at radius 1 is 1.21 bits per heavy atom. The molecule has 1 unspecified atom stereocenters. The fourth-order valence-electron chi connectivity index (χ4n) is 2.03. The summed E-state index contributed by atoms with van der Waals surface area (Å²) in [6.07, 6.45) is 2.25. The summed E-state index contributed by atoms with van der Waals surface area (Å²) in [4.78, 5) is 23.0. The lowest BCUT2D eigenvalue weighted by Gasteiger charge is -2.18. The van der Waals surface area contributed by atoms with Crippen molar-refractivity contribution in [2.24, 2.45) is 5.92 Å². The summed E-state index contributed by atoms with van der Waals surface area (Å²) in [6, 6.07) is 7.30. The van der Waals surface area contributed by atoms with Gasteiger partial charge in [-0.15, -0.1) is 0 Å². The van der Waals surface area contributed by atoms with E-state index in [-0.39, 0.29) is 6.04 Å². The lowest BCUT2D eigenvalue weighted by molar-refractivity contribution is -0.139. The van der Waals surface area contributed by atoms with Crippen LogP contribution in [0.25, 0.3) is 0 Å². The van der Waals surface area contributed by atoms with Crippen molar-refractivity contribution in [3.8, 4) is 0 Å². The maximum atomic E-state index is 11.8. The number of benzene rings is 1. The summed E-state index contributed by atoms with van der Waals surface area (Å²) in [6.45, 7) is 1.94. The average molecular weight is 262 g/mol. The molecule has 5 nitrogen and oxygen atoms in total. The molecule has 2 rings (SSSR count). The second kappa shape index (κ2) is 5.73. The van der Waals surface area contributed by atoms with E-state index in [1.165, 1.54) is 0 Å². The normalized spacial score (nSPS) is 17.3. The first kappa shape index (κ1) is 13.4. The van der Waals surface area contributed by atoms with Crippen LogP contribution >= 0.6 is 0 Å². The van der Waals surface area contributed by atoms with Crippen molar-refractivity contribution in [2.45, 2.75) is 31.8 Å². The van der Waals surface area contributed by atoms with Gasteiger partial charge in [-0.1, -0.05) is 30.3 Å². The van der Waals surface area contributed by atoms with Crippen LogP contribution in [0.5, 0.6) is 0 Å². The molecule has 0 aliphatic heterocycles. The van der Waals surface area contributed by atoms with Crippen LogP contribution < -0.4 is 10.6 Å². The highest BCUT2D eigenvalue weighted by Gasteiger charge is 2.30. The van der Waals surface area contributed by atoms with Gasteiger partial charge in [-0.2, -0.15) is 0 Å². The van der Waals surface area contributed by atoms with E-state index in [1.807, 2.05) is 6.92 Å². The Morgan fingerprint density at radius 2 is 1.84 bits per heavy atom. The van der Waals surface area contributed by atoms with Gasteiger partial charge in [0, 0.05) is 6.04 Å². The molecule has 0 bridgehead atoms. The number of hydrogen-bond acceptors (Lipinski definition) is 2. The number of carbonyl (C=O) groups excluding carboxylic acids is 1. The van der Waals surface area contributed by atoms with E-state index in [2.05, 4.69) is 10.6 Å². The Hall–Kier alpha value is -2.04. The van der Waals surface area contributed by atoms with Gasteiger partial charge in [-0.25, -0.2) is 9.59 Å². The molecule has 1 saturated carbocycles. The van der Waals surface area contributed by atoms with Crippen molar-refractivity contribution in [1.29, 1.82) is 0 Å². The predicted molar refractivity (Wildman–Crippen MR) is 70.7 cm³/mol. The van der Waals surface area contributed by atoms with Gasteiger partial charge in [0.05, 0.1) is 0 Å². The second-order valence-electron chi connectivity index (χ2n) is 4.93. The van der Waals surface area contributed by atoms with Crippen LogP contribution in [0.2, 0.25) is 0 Å². The Balaban J connectivity index is 1.96. The molecule has 102 valence electrons. The van der Waals surface area contributed by atoms with Crippen molar-refractivity contribution < 1.29 is 14.7 Å². The van der Waals surface area contributed by atoms with Gasteiger partial charge in [-0.3, -0.25) is 0 Å². The highest BCUT2D eigenvalue weighted by Crippen LogP contribution is 2.32. The summed E-state index contributed by atoms with van der Waals surface area (Å²) in [5.74, 6) is -0.536. The number of carboxylic acid groups (broad SMARTS) is 1. The third-order valence-electron chi connectivity index (χ3n) is 3.34. The van der Waals surface area contributed by atoms with Gasteiger partial charge < -0.3 is 15.7 Å². The van der Waals surface area contributed by atoms with Crippen molar-refractivity contribution in [3.05, 3.63) is 35.9 Å². The predicted octanol–water partition coefficient (Wildman–Crippen LogP) is 1.91. The van der Waals surface area contributed by atoms with Crippen LogP contribution in [0, 0.1) is 5.92 Å². The fourth-order valence-corrected chi connectivity index (χ4v) is 2.03. The first-order valence-corrected chi connectivity index (χ1v) is 6.42. The SMILES string of the molecule is CC(NC(=O)N[C@@H](C(=O)O)c1ccccc1)C1CC1. The molecular formula is C14H18N2O3. The Morgan fingerprint density at radius 3 is 2.37 bits per heavy atom. The number of hydrogen-bond donors (Lipinski definition) is 3. The minimum absolute atomic E-state index is 0.0882. The minimum atomic E-state index is -1.07. The average Bonchev–Trinajstić information content (AvgIpc) is 3.21. The van der Waals surface area contributed by atoms with E-state index in [1.54, 1.807) is 30.3 Å². The van der Waals surface area contributed by atoms with E-state index in [4.69, 9.17) is 0 Å². The molecule has 1 aromatic carbocycles. The van der Waals surface area contributed by atoms with Crippen molar-refractivity contribution >= 4 is 12.0 Å². The quantitative estimate of drug-likeness (QED) is 0.758. The van der Waals surface area contributed by atoms with Gasteiger partial charge in [0.25, 0.3) is 0 Å². The second-order valence-corrected chi connectivity index (χ2v) is 4.93. The molecular weight excluding hydrogens is 244 g/mol. The van der Waals surface area contributed by atoms with E-state index < -0.39 is 18.0 Å². The largest absolute Gasteiger partial charge is 0.479 e. The summed E-state index contributed by atoms with van der Waals surface area (Å²) < 4.78 is 0. The fraction of sp³-hybridized carbons (Fsp3) is 0.429. The number of aliphatic carboxylic acids is 1. The highest BCUT2D eigenvalue weighted by atomic mass is 16.4. The zero-order valence-corrected chi connectivity index (χ0v) is 10.8. The number of amides is 2. The Kier molecular flexibility index (Phi) is 4.04. The van der Waals surface area contributed by atoms with Crippen LogP contribution in [0.4, 0.5) is 4.79 Å². The third kappa shape index (κ3) is 3.71. The zero-order chi connectivity index (χ0) is 13.8. The lowest BCUT2D eigenvalue weighted by atomic mass is 10.1. The Bertz CT molecular complexity index is 457. The van der Waals surface area contributed by atoms with Crippen molar-refractivity contribution in [1.82, 2.24) is 10.6 Å². The number of carboxylic acids is 1. The van der Waals surface area contributed by atoms with E-state index in [0.29, 0.717) is 11.5 Å². The van der Waals surface area contributed by atoms with Crippen molar-refractivity contribution in [3.63, 3.8) is 0 Å². The molecule has 0 aromatic heterocycles. The number of nitrogens with one attached hydrogen (secondary N) is 2. The first-order valence-electron chi connectivity index (χ1n) is 6.42. The summed E-state index contributed by atoms with van der Waals surface area (Å²) in [7, 11) is 0. The molecule has 1 fully saturated rings. The maximum absolute atomic E-state index is 11.8. The number of rotatable bonds is 5. The van der Waals surface area contributed by atoms with Crippen LogP contribution in [0.3, 0.4) is 0 Å². The Labute approximate surface area is 112 Å². The monoisotopic (exact) mass is 262 g/mol. The smallest absolute Gasteiger partial charge is 0.330 e. The minimum Gasteiger partial charge on any atom is -0.479 e.